The minimum Gasteiger partial charge on any atom is -0.469 e. The fraction of sp³-hybridized carbons (Fsp3) is 0.875. The number of nitrogens with zero attached hydrogens (tertiary/aromatic N) is 1. The van der Waals surface area contributed by atoms with Crippen LogP contribution < -0.4 is 5.32 Å². The second-order valence-corrected chi connectivity index (χ2v) is 6.71. The van der Waals surface area contributed by atoms with Crippen LogP contribution in [0, 0.1) is 17.8 Å². The zero-order valence-corrected chi connectivity index (χ0v) is 13.4. The Hall–Kier alpha value is -1.26. The molecule has 2 aliphatic rings. The molecule has 0 bridgehead atoms. The van der Waals surface area contributed by atoms with Gasteiger partial charge in [-0.2, -0.15) is 0 Å². The molecule has 0 aromatic carbocycles. The molecule has 0 aromatic rings. The summed E-state index contributed by atoms with van der Waals surface area (Å²) in [5, 5.41) is 3.08. The number of methoxy groups -OCH3 is 1. The summed E-state index contributed by atoms with van der Waals surface area (Å²) >= 11 is 0. The molecular formula is C16H28N2O3. The average molecular weight is 296 g/mol. The van der Waals surface area contributed by atoms with Gasteiger partial charge >= 0.3 is 12.0 Å². The number of esters is 1. The van der Waals surface area contributed by atoms with Crippen LogP contribution in [0.5, 0.6) is 0 Å². The van der Waals surface area contributed by atoms with Gasteiger partial charge in [0.15, 0.2) is 0 Å². The van der Waals surface area contributed by atoms with E-state index in [1.165, 1.54) is 26.4 Å². The summed E-state index contributed by atoms with van der Waals surface area (Å²) in [4.78, 5) is 25.7. The van der Waals surface area contributed by atoms with Crippen molar-refractivity contribution in [3.8, 4) is 0 Å². The molecule has 2 fully saturated rings. The Balaban J connectivity index is 1.74. The van der Waals surface area contributed by atoms with E-state index in [1.54, 1.807) is 0 Å². The maximum atomic E-state index is 12.3. The Morgan fingerprint density at radius 2 is 2.05 bits per heavy atom. The molecule has 2 amide bonds. The van der Waals surface area contributed by atoms with Crippen molar-refractivity contribution in [1.29, 1.82) is 0 Å². The van der Waals surface area contributed by atoms with Crippen molar-refractivity contribution in [2.75, 3.05) is 20.2 Å². The molecule has 1 aliphatic heterocycles. The average Bonchev–Trinajstić information content (AvgIpc) is 3.28. The highest BCUT2D eigenvalue weighted by molar-refractivity contribution is 5.76. The van der Waals surface area contributed by atoms with Crippen LogP contribution in [0.2, 0.25) is 0 Å². The van der Waals surface area contributed by atoms with Crippen LogP contribution in [0.1, 0.15) is 46.0 Å². The minimum atomic E-state index is -0.152. The van der Waals surface area contributed by atoms with Crippen LogP contribution in [0.15, 0.2) is 0 Å². The first kappa shape index (κ1) is 16.1. The number of piperidine rings is 1. The van der Waals surface area contributed by atoms with Crippen molar-refractivity contribution in [3.63, 3.8) is 0 Å². The molecule has 1 aliphatic carbocycles. The first-order chi connectivity index (χ1) is 10.0. The van der Waals surface area contributed by atoms with Crippen molar-refractivity contribution in [2.45, 2.75) is 52.0 Å². The predicted octanol–water partition coefficient (Wildman–Crippen LogP) is 2.41. The third-order valence-corrected chi connectivity index (χ3v) is 4.77. The van der Waals surface area contributed by atoms with E-state index in [-0.39, 0.29) is 29.9 Å². The zero-order chi connectivity index (χ0) is 15.4. The molecule has 120 valence electrons. The minimum absolute atomic E-state index is 0.00784. The van der Waals surface area contributed by atoms with E-state index in [2.05, 4.69) is 12.2 Å². The molecule has 1 N–H and O–H groups in total. The van der Waals surface area contributed by atoms with Crippen molar-refractivity contribution < 1.29 is 14.3 Å². The van der Waals surface area contributed by atoms with E-state index in [4.69, 9.17) is 4.74 Å². The fourth-order valence-corrected chi connectivity index (χ4v) is 3.10. The highest BCUT2D eigenvalue weighted by Gasteiger charge is 2.34. The van der Waals surface area contributed by atoms with Gasteiger partial charge in [0, 0.05) is 19.1 Å². The standard InChI is InChI=1S/C16H28N2O3/c1-11-10-18(9-8-14(11)15(19)21-3)16(20)17-12(2)4-5-13-6-7-13/h11-14H,4-10H2,1-3H3,(H,17,20)/t11-,12-,14-/m1/s1. The number of ether oxygens (including phenoxy) is 1. The Labute approximate surface area is 127 Å². The molecule has 21 heavy (non-hydrogen) atoms. The van der Waals surface area contributed by atoms with Gasteiger partial charge in [-0.3, -0.25) is 4.79 Å². The molecule has 0 radical (unpaired) electrons. The van der Waals surface area contributed by atoms with Crippen LogP contribution in [-0.4, -0.2) is 43.1 Å². The maximum absolute atomic E-state index is 12.3. The zero-order valence-electron chi connectivity index (χ0n) is 13.4. The summed E-state index contributed by atoms with van der Waals surface area (Å²) < 4.78 is 4.82. The van der Waals surface area contributed by atoms with Crippen LogP contribution in [0.4, 0.5) is 4.79 Å². The van der Waals surface area contributed by atoms with Crippen LogP contribution in [0.25, 0.3) is 0 Å². The maximum Gasteiger partial charge on any atom is 0.317 e. The van der Waals surface area contributed by atoms with Gasteiger partial charge in [-0.1, -0.05) is 19.8 Å². The first-order valence-corrected chi connectivity index (χ1v) is 8.14. The first-order valence-electron chi connectivity index (χ1n) is 8.14. The number of carbonyl (C=O) groups excluding carboxylic acids is 2. The largest absolute Gasteiger partial charge is 0.469 e. The SMILES string of the molecule is COC(=O)[C@@H]1CCN(C(=O)N[C@H](C)CCC2CC2)C[C@H]1C. The lowest BCUT2D eigenvalue weighted by molar-refractivity contribution is -0.148. The van der Waals surface area contributed by atoms with Crippen molar-refractivity contribution in [3.05, 3.63) is 0 Å². The number of nitrogens with one attached hydrogen (secondary N) is 1. The predicted molar refractivity (Wildman–Crippen MR) is 80.8 cm³/mol. The number of rotatable bonds is 5. The Morgan fingerprint density at radius 1 is 1.33 bits per heavy atom. The van der Waals surface area contributed by atoms with Gasteiger partial charge < -0.3 is 15.0 Å². The molecule has 0 unspecified atom stereocenters. The number of hydrogen-bond donors (Lipinski definition) is 1. The van der Waals surface area contributed by atoms with E-state index in [9.17, 15) is 9.59 Å². The van der Waals surface area contributed by atoms with Crippen LogP contribution in [-0.2, 0) is 9.53 Å². The quantitative estimate of drug-likeness (QED) is 0.793. The molecule has 5 heteroatoms. The fourth-order valence-electron chi connectivity index (χ4n) is 3.10. The molecule has 1 saturated carbocycles. The highest BCUT2D eigenvalue weighted by Crippen LogP contribution is 2.33. The highest BCUT2D eigenvalue weighted by atomic mass is 16.5. The summed E-state index contributed by atoms with van der Waals surface area (Å²) in [7, 11) is 1.43. The van der Waals surface area contributed by atoms with E-state index >= 15 is 0 Å². The van der Waals surface area contributed by atoms with E-state index in [1.807, 2.05) is 11.8 Å². The van der Waals surface area contributed by atoms with Crippen LogP contribution >= 0.6 is 0 Å². The number of urea groups is 1. The normalized spacial score (nSPS) is 27.1. The number of amides is 2. The Morgan fingerprint density at radius 3 is 2.62 bits per heavy atom. The number of likely N-dealkylation sites (tertiary alicyclic amines) is 1. The van der Waals surface area contributed by atoms with Gasteiger partial charge in [-0.05, 0) is 38.0 Å². The molecule has 0 aromatic heterocycles. The summed E-state index contributed by atoms with van der Waals surface area (Å²) in [6, 6.07) is 0.236. The molecule has 3 atom stereocenters. The lowest BCUT2D eigenvalue weighted by Gasteiger charge is -2.36. The third kappa shape index (κ3) is 4.61. The second-order valence-electron chi connectivity index (χ2n) is 6.71. The lowest BCUT2D eigenvalue weighted by atomic mass is 9.87. The molecule has 1 heterocycles. The topological polar surface area (TPSA) is 58.6 Å². The van der Waals surface area contributed by atoms with Crippen molar-refractivity contribution in [2.24, 2.45) is 17.8 Å². The molecular weight excluding hydrogens is 268 g/mol. The summed E-state index contributed by atoms with van der Waals surface area (Å²) in [6.07, 6.45) is 5.70. The smallest absolute Gasteiger partial charge is 0.317 e. The summed E-state index contributed by atoms with van der Waals surface area (Å²) in [5.41, 5.74) is 0. The van der Waals surface area contributed by atoms with Gasteiger partial charge in [0.1, 0.15) is 0 Å². The summed E-state index contributed by atoms with van der Waals surface area (Å²) in [6.45, 7) is 5.34. The van der Waals surface area contributed by atoms with Gasteiger partial charge in [0.2, 0.25) is 0 Å². The van der Waals surface area contributed by atoms with E-state index in [0.29, 0.717) is 19.5 Å². The van der Waals surface area contributed by atoms with E-state index in [0.717, 1.165) is 12.3 Å². The molecule has 5 nitrogen and oxygen atoms in total. The Kier molecular flexibility index (Phi) is 5.48. The monoisotopic (exact) mass is 296 g/mol. The van der Waals surface area contributed by atoms with Gasteiger partial charge in [0.05, 0.1) is 13.0 Å². The van der Waals surface area contributed by atoms with Gasteiger partial charge in [-0.25, -0.2) is 4.79 Å². The summed E-state index contributed by atoms with van der Waals surface area (Å²) in [5.74, 6) is 0.825. The van der Waals surface area contributed by atoms with Crippen molar-refractivity contribution >= 4 is 12.0 Å². The molecule has 1 saturated heterocycles. The second kappa shape index (κ2) is 7.14. The van der Waals surface area contributed by atoms with Crippen LogP contribution in [0.3, 0.4) is 0 Å². The van der Waals surface area contributed by atoms with Crippen molar-refractivity contribution in [1.82, 2.24) is 10.2 Å². The third-order valence-electron chi connectivity index (χ3n) is 4.77. The Bertz CT molecular complexity index is 382. The molecule has 2 rings (SSSR count). The number of hydrogen-bond acceptors (Lipinski definition) is 3. The van der Waals surface area contributed by atoms with E-state index < -0.39 is 0 Å². The lowest BCUT2D eigenvalue weighted by Crippen LogP contribution is -2.50. The number of carbonyl (C=O) groups is 2. The molecule has 0 spiro atoms. The van der Waals surface area contributed by atoms with Gasteiger partial charge in [0.25, 0.3) is 0 Å². The van der Waals surface area contributed by atoms with Gasteiger partial charge in [-0.15, -0.1) is 0 Å².